The molecule has 0 saturated heterocycles. The van der Waals surface area contributed by atoms with Crippen LogP contribution in [-0.4, -0.2) is 11.6 Å². The molecule has 0 N–H and O–H groups in total. The molecule has 0 amide bonds. The lowest BCUT2D eigenvalue weighted by atomic mass is 9.86. The van der Waals surface area contributed by atoms with Gasteiger partial charge < -0.3 is 4.74 Å². The standard InChI is InChI=1S/C12H15F2NO/c13-12(14)16-10-7-4-8-15-11(10)9-5-2-1-3-6-9/h4,7-9,12H,1-3,5-6H2. The fourth-order valence-corrected chi connectivity index (χ4v) is 2.28. The predicted molar refractivity (Wildman–Crippen MR) is 56.7 cm³/mol. The number of alkyl halides is 2. The zero-order chi connectivity index (χ0) is 11.4. The van der Waals surface area contributed by atoms with Gasteiger partial charge in [0.1, 0.15) is 5.75 Å². The number of hydrogen-bond donors (Lipinski definition) is 0. The maximum absolute atomic E-state index is 12.2. The number of ether oxygens (including phenoxy) is 1. The lowest BCUT2D eigenvalue weighted by molar-refractivity contribution is -0.0510. The third kappa shape index (κ3) is 2.68. The highest BCUT2D eigenvalue weighted by molar-refractivity contribution is 5.30. The molecule has 16 heavy (non-hydrogen) atoms. The van der Waals surface area contributed by atoms with Crippen LogP contribution in [0.3, 0.4) is 0 Å². The largest absolute Gasteiger partial charge is 0.433 e. The van der Waals surface area contributed by atoms with E-state index in [9.17, 15) is 8.78 Å². The van der Waals surface area contributed by atoms with E-state index in [1.54, 1.807) is 18.3 Å². The Hall–Kier alpha value is -1.19. The van der Waals surface area contributed by atoms with Crippen molar-refractivity contribution in [2.75, 3.05) is 0 Å². The van der Waals surface area contributed by atoms with Gasteiger partial charge >= 0.3 is 6.61 Å². The minimum atomic E-state index is -2.77. The molecular formula is C12H15F2NO. The van der Waals surface area contributed by atoms with Crippen molar-refractivity contribution in [3.63, 3.8) is 0 Å². The summed E-state index contributed by atoms with van der Waals surface area (Å²) in [5.74, 6) is 0.521. The SMILES string of the molecule is FC(F)Oc1cccnc1C1CCCCC1. The predicted octanol–water partition coefficient (Wildman–Crippen LogP) is 3.73. The van der Waals surface area contributed by atoms with E-state index in [-0.39, 0.29) is 11.7 Å². The third-order valence-electron chi connectivity index (χ3n) is 3.01. The first-order valence-corrected chi connectivity index (χ1v) is 5.67. The van der Waals surface area contributed by atoms with Crippen molar-refractivity contribution in [3.8, 4) is 5.75 Å². The Kier molecular flexibility index (Phi) is 3.70. The van der Waals surface area contributed by atoms with Gasteiger partial charge in [-0.3, -0.25) is 4.98 Å². The first kappa shape index (κ1) is 11.3. The van der Waals surface area contributed by atoms with Crippen molar-refractivity contribution in [2.45, 2.75) is 44.6 Å². The molecule has 1 aliphatic rings. The van der Waals surface area contributed by atoms with Gasteiger partial charge in [0, 0.05) is 12.1 Å². The Morgan fingerprint density at radius 1 is 1.25 bits per heavy atom. The molecule has 0 unspecified atom stereocenters. The van der Waals surface area contributed by atoms with Crippen LogP contribution in [0.1, 0.15) is 43.7 Å². The van der Waals surface area contributed by atoms with Gasteiger partial charge in [-0.05, 0) is 25.0 Å². The van der Waals surface area contributed by atoms with Gasteiger partial charge in [0.25, 0.3) is 0 Å². The summed E-state index contributed by atoms with van der Waals surface area (Å²) in [5.41, 5.74) is 0.697. The van der Waals surface area contributed by atoms with Crippen molar-refractivity contribution >= 4 is 0 Å². The zero-order valence-electron chi connectivity index (χ0n) is 9.03. The van der Waals surface area contributed by atoms with Crippen LogP contribution < -0.4 is 4.74 Å². The van der Waals surface area contributed by atoms with E-state index in [0.29, 0.717) is 5.69 Å². The Balaban J connectivity index is 2.17. The van der Waals surface area contributed by atoms with Gasteiger partial charge in [-0.25, -0.2) is 0 Å². The Labute approximate surface area is 93.6 Å². The Bertz CT molecular complexity index is 338. The van der Waals surface area contributed by atoms with Crippen LogP contribution in [0, 0.1) is 0 Å². The summed E-state index contributed by atoms with van der Waals surface area (Å²) in [7, 11) is 0. The highest BCUT2D eigenvalue weighted by Gasteiger charge is 2.21. The maximum Gasteiger partial charge on any atom is 0.387 e. The molecule has 1 aliphatic carbocycles. The van der Waals surface area contributed by atoms with Crippen LogP contribution >= 0.6 is 0 Å². The van der Waals surface area contributed by atoms with Crippen molar-refractivity contribution < 1.29 is 13.5 Å². The highest BCUT2D eigenvalue weighted by atomic mass is 19.3. The second kappa shape index (κ2) is 5.23. The monoisotopic (exact) mass is 227 g/mol. The van der Waals surface area contributed by atoms with Gasteiger partial charge in [-0.2, -0.15) is 8.78 Å². The second-order valence-corrected chi connectivity index (χ2v) is 4.10. The molecule has 1 saturated carbocycles. The molecule has 0 atom stereocenters. The number of aromatic nitrogens is 1. The molecule has 1 aromatic heterocycles. The van der Waals surface area contributed by atoms with Crippen LogP contribution in [0.25, 0.3) is 0 Å². The molecule has 1 heterocycles. The highest BCUT2D eigenvalue weighted by Crippen LogP contribution is 2.36. The summed E-state index contributed by atoms with van der Waals surface area (Å²) in [6, 6.07) is 3.20. The zero-order valence-corrected chi connectivity index (χ0v) is 9.03. The first-order valence-electron chi connectivity index (χ1n) is 5.67. The number of nitrogens with zero attached hydrogens (tertiary/aromatic N) is 1. The Morgan fingerprint density at radius 2 is 2.00 bits per heavy atom. The van der Waals surface area contributed by atoms with Gasteiger partial charge in [0.05, 0.1) is 5.69 Å². The number of pyridine rings is 1. The van der Waals surface area contributed by atoms with Crippen LogP contribution in [0.15, 0.2) is 18.3 Å². The van der Waals surface area contributed by atoms with Crippen molar-refractivity contribution in [1.82, 2.24) is 4.98 Å². The molecule has 1 aromatic rings. The van der Waals surface area contributed by atoms with Gasteiger partial charge in [0.2, 0.25) is 0 Å². The molecule has 88 valence electrons. The molecule has 0 aliphatic heterocycles. The number of rotatable bonds is 3. The topological polar surface area (TPSA) is 22.1 Å². The summed E-state index contributed by atoms with van der Waals surface area (Å²) in [5, 5.41) is 0. The van der Waals surface area contributed by atoms with Crippen molar-refractivity contribution in [3.05, 3.63) is 24.0 Å². The van der Waals surface area contributed by atoms with E-state index in [4.69, 9.17) is 0 Å². The van der Waals surface area contributed by atoms with Gasteiger partial charge in [-0.1, -0.05) is 19.3 Å². The molecule has 2 rings (SSSR count). The van der Waals surface area contributed by atoms with E-state index >= 15 is 0 Å². The second-order valence-electron chi connectivity index (χ2n) is 4.10. The molecule has 4 heteroatoms. The van der Waals surface area contributed by atoms with E-state index in [1.165, 1.54) is 6.42 Å². The number of hydrogen-bond acceptors (Lipinski definition) is 2. The lowest BCUT2D eigenvalue weighted by Crippen LogP contribution is -2.11. The molecule has 0 spiro atoms. The first-order chi connectivity index (χ1) is 7.77. The maximum atomic E-state index is 12.2. The molecule has 0 radical (unpaired) electrons. The molecule has 0 aromatic carbocycles. The summed E-state index contributed by atoms with van der Waals surface area (Å²) in [4.78, 5) is 4.20. The van der Waals surface area contributed by atoms with E-state index in [1.807, 2.05) is 0 Å². The normalized spacial score (nSPS) is 17.7. The van der Waals surface area contributed by atoms with E-state index in [0.717, 1.165) is 25.7 Å². The average Bonchev–Trinajstić information content (AvgIpc) is 2.30. The van der Waals surface area contributed by atoms with Crippen molar-refractivity contribution in [1.29, 1.82) is 0 Å². The quantitative estimate of drug-likeness (QED) is 0.784. The minimum absolute atomic E-state index is 0.240. The van der Waals surface area contributed by atoms with E-state index in [2.05, 4.69) is 9.72 Å². The summed E-state index contributed by atoms with van der Waals surface area (Å²) in [6.45, 7) is -2.77. The fraction of sp³-hybridized carbons (Fsp3) is 0.583. The molecule has 2 nitrogen and oxygen atoms in total. The molecular weight excluding hydrogens is 212 g/mol. The van der Waals surface area contributed by atoms with E-state index < -0.39 is 6.61 Å². The summed E-state index contributed by atoms with van der Waals surface area (Å²) >= 11 is 0. The smallest absolute Gasteiger partial charge is 0.387 e. The molecule has 0 bridgehead atoms. The minimum Gasteiger partial charge on any atom is -0.433 e. The number of halogens is 2. The van der Waals surface area contributed by atoms with Gasteiger partial charge in [0.15, 0.2) is 0 Å². The van der Waals surface area contributed by atoms with Crippen LogP contribution in [0.2, 0.25) is 0 Å². The van der Waals surface area contributed by atoms with Crippen LogP contribution in [0.5, 0.6) is 5.75 Å². The Morgan fingerprint density at radius 3 is 2.69 bits per heavy atom. The third-order valence-corrected chi connectivity index (χ3v) is 3.01. The lowest BCUT2D eigenvalue weighted by Gasteiger charge is -2.22. The average molecular weight is 227 g/mol. The van der Waals surface area contributed by atoms with Crippen LogP contribution in [0.4, 0.5) is 8.78 Å². The summed E-state index contributed by atoms with van der Waals surface area (Å²) in [6.07, 6.45) is 7.22. The van der Waals surface area contributed by atoms with Gasteiger partial charge in [-0.15, -0.1) is 0 Å². The summed E-state index contributed by atoms with van der Waals surface area (Å²) < 4.78 is 28.9. The fourth-order valence-electron chi connectivity index (χ4n) is 2.28. The van der Waals surface area contributed by atoms with Crippen molar-refractivity contribution in [2.24, 2.45) is 0 Å². The molecule has 1 fully saturated rings. The van der Waals surface area contributed by atoms with Crippen LogP contribution in [-0.2, 0) is 0 Å².